The van der Waals surface area contributed by atoms with E-state index < -0.39 is 10.9 Å². The Kier molecular flexibility index (Phi) is 5.33. The number of rotatable bonds is 6. The molecule has 0 saturated carbocycles. The van der Waals surface area contributed by atoms with Gasteiger partial charge in [-0.2, -0.15) is 0 Å². The largest absolute Gasteiger partial charge is 0.457 e. The zero-order chi connectivity index (χ0) is 19.4. The molecule has 0 radical (unpaired) electrons. The third-order valence-corrected chi connectivity index (χ3v) is 4.03. The van der Waals surface area contributed by atoms with Gasteiger partial charge in [0.15, 0.2) is 12.0 Å². The number of hydrogen-bond acceptors (Lipinski definition) is 6. The first-order chi connectivity index (χ1) is 13.0. The highest BCUT2D eigenvalue weighted by Gasteiger charge is 2.16. The molecule has 0 amide bonds. The van der Waals surface area contributed by atoms with Crippen molar-refractivity contribution in [3.05, 3.63) is 86.6 Å². The van der Waals surface area contributed by atoms with E-state index in [1.54, 1.807) is 18.2 Å². The average Bonchev–Trinajstić information content (AvgIpc) is 3.16. The molecule has 0 N–H and O–H groups in total. The summed E-state index contributed by atoms with van der Waals surface area (Å²) in [6, 6.07) is 13.6. The molecule has 2 aromatic carbocycles. The van der Waals surface area contributed by atoms with Gasteiger partial charge in [-0.3, -0.25) is 14.9 Å². The van der Waals surface area contributed by atoms with Crippen LogP contribution in [0.3, 0.4) is 0 Å². The highest BCUT2D eigenvalue weighted by atomic mass is 35.5. The molecule has 0 atom stereocenters. The molecule has 7 nitrogen and oxygen atoms in total. The molecule has 27 heavy (non-hydrogen) atoms. The van der Waals surface area contributed by atoms with Crippen LogP contribution in [0.4, 0.5) is 5.69 Å². The maximum Gasteiger partial charge on any atom is 0.340 e. The van der Waals surface area contributed by atoms with Crippen LogP contribution in [0.2, 0.25) is 5.02 Å². The number of carbonyl (C=O) groups excluding carboxylic acids is 2. The van der Waals surface area contributed by atoms with E-state index in [-0.39, 0.29) is 28.6 Å². The van der Waals surface area contributed by atoms with Crippen molar-refractivity contribution in [2.45, 2.75) is 6.61 Å². The highest BCUT2D eigenvalue weighted by Crippen LogP contribution is 2.27. The van der Waals surface area contributed by atoms with E-state index in [0.29, 0.717) is 23.2 Å². The minimum absolute atomic E-state index is 0.0904. The van der Waals surface area contributed by atoms with Crippen molar-refractivity contribution in [2.75, 3.05) is 0 Å². The first-order valence-corrected chi connectivity index (χ1v) is 8.11. The number of aldehydes is 1. The van der Waals surface area contributed by atoms with E-state index in [2.05, 4.69) is 0 Å². The molecule has 1 aromatic heterocycles. The van der Waals surface area contributed by atoms with Crippen molar-refractivity contribution in [3.63, 3.8) is 0 Å². The van der Waals surface area contributed by atoms with Crippen LogP contribution in [0.1, 0.15) is 26.5 Å². The summed E-state index contributed by atoms with van der Waals surface area (Å²) in [6.07, 6.45) is 0.577. The van der Waals surface area contributed by atoms with E-state index in [9.17, 15) is 19.7 Å². The van der Waals surface area contributed by atoms with Crippen molar-refractivity contribution >= 4 is 29.5 Å². The van der Waals surface area contributed by atoms with Gasteiger partial charge in [0.1, 0.15) is 12.4 Å². The lowest BCUT2D eigenvalue weighted by Gasteiger charge is -2.08. The first kappa shape index (κ1) is 18.3. The Morgan fingerprint density at radius 2 is 2.00 bits per heavy atom. The van der Waals surface area contributed by atoms with Crippen LogP contribution in [0.5, 0.6) is 0 Å². The lowest BCUT2D eigenvalue weighted by atomic mass is 10.1. The molecular formula is C19H12ClNO6. The van der Waals surface area contributed by atoms with Gasteiger partial charge < -0.3 is 9.15 Å². The van der Waals surface area contributed by atoms with Gasteiger partial charge >= 0.3 is 5.97 Å². The fourth-order valence-corrected chi connectivity index (χ4v) is 2.59. The van der Waals surface area contributed by atoms with E-state index >= 15 is 0 Å². The van der Waals surface area contributed by atoms with Gasteiger partial charge in [-0.05, 0) is 35.9 Å². The Labute approximate surface area is 158 Å². The van der Waals surface area contributed by atoms with Crippen LogP contribution >= 0.6 is 11.6 Å². The molecule has 0 spiro atoms. The number of non-ortho nitro benzene ring substituents is 1. The summed E-state index contributed by atoms with van der Waals surface area (Å²) in [7, 11) is 0. The smallest absolute Gasteiger partial charge is 0.340 e. The summed E-state index contributed by atoms with van der Waals surface area (Å²) in [5.41, 5.74) is 1.05. The second-order valence-electron chi connectivity index (χ2n) is 5.52. The Hall–Kier alpha value is -3.45. The number of esters is 1. The summed E-state index contributed by atoms with van der Waals surface area (Å²) in [5, 5.41) is 11.0. The Morgan fingerprint density at radius 1 is 1.19 bits per heavy atom. The second kappa shape index (κ2) is 7.84. The lowest BCUT2D eigenvalue weighted by molar-refractivity contribution is -0.384. The molecule has 1 heterocycles. The zero-order valence-corrected chi connectivity index (χ0v) is 14.5. The number of halogens is 1. The van der Waals surface area contributed by atoms with Crippen LogP contribution in [0, 0.1) is 10.1 Å². The topological polar surface area (TPSA) is 99.7 Å². The normalized spacial score (nSPS) is 10.4. The van der Waals surface area contributed by atoms with Crippen molar-refractivity contribution < 1.29 is 23.7 Å². The standard InChI is InChI=1S/C19H12ClNO6/c20-17-6-4-13(18-7-5-15(10-22)27-18)9-16(17)19(23)26-11-12-2-1-3-14(8-12)21(24)25/h1-10H,11H2. The van der Waals surface area contributed by atoms with Gasteiger partial charge in [-0.25, -0.2) is 4.79 Å². The monoisotopic (exact) mass is 385 g/mol. The molecule has 0 saturated heterocycles. The number of nitro groups is 1. The van der Waals surface area contributed by atoms with Gasteiger partial charge in [0.2, 0.25) is 0 Å². The van der Waals surface area contributed by atoms with Gasteiger partial charge in [0, 0.05) is 17.7 Å². The fourth-order valence-electron chi connectivity index (χ4n) is 2.39. The SMILES string of the molecule is O=Cc1ccc(-c2ccc(Cl)c(C(=O)OCc3cccc([N+](=O)[O-])c3)c2)o1. The van der Waals surface area contributed by atoms with Crippen molar-refractivity contribution in [3.8, 4) is 11.3 Å². The van der Waals surface area contributed by atoms with Crippen molar-refractivity contribution in [1.29, 1.82) is 0 Å². The summed E-state index contributed by atoms with van der Waals surface area (Å²) >= 11 is 6.08. The number of carbonyl (C=O) groups is 2. The molecule has 0 unspecified atom stereocenters. The summed E-state index contributed by atoms with van der Waals surface area (Å²) in [6.45, 7) is -0.142. The summed E-state index contributed by atoms with van der Waals surface area (Å²) < 4.78 is 10.5. The summed E-state index contributed by atoms with van der Waals surface area (Å²) in [4.78, 5) is 33.4. The zero-order valence-electron chi connectivity index (χ0n) is 13.8. The van der Waals surface area contributed by atoms with Crippen molar-refractivity contribution in [1.82, 2.24) is 0 Å². The number of hydrogen-bond donors (Lipinski definition) is 0. The molecule has 136 valence electrons. The van der Waals surface area contributed by atoms with Crippen LogP contribution in [0.25, 0.3) is 11.3 Å². The molecule has 0 fully saturated rings. The molecule has 0 aliphatic rings. The van der Waals surface area contributed by atoms with Crippen LogP contribution in [-0.4, -0.2) is 17.2 Å². The summed E-state index contributed by atoms with van der Waals surface area (Å²) in [5.74, 6) is -0.119. The Balaban J connectivity index is 1.78. The van der Waals surface area contributed by atoms with Gasteiger partial charge in [0.25, 0.3) is 5.69 Å². The second-order valence-corrected chi connectivity index (χ2v) is 5.92. The number of nitro benzene ring substituents is 1. The average molecular weight is 386 g/mol. The minimum atomic E-state index is -0.685. The van der Waals surface area contributed by atoms with Crippen LogP contribution < -0.4 is 0 Å². The van der Waals surface area contributed by atoms with E-state index in [0.717, 1.165) is 0 Å². The Bertz CT molecular complexity index is 1030. The predicted molar refractivity (Wildman–Crippen MR) is 96.8 cm³/mol. The molecule has 3 aromatic rings. The number of furan rings is 1. The lowest BCUT2D eigenvalue weighted by Crippen LogP contribution is -2.06. The van der Waals surface area contributed by atoms with Gasteiger partial charge in [-0.15, -0.1) is 0 Å². The first-order valence-electron chi connectivity index (χ1n) is 7.73. The number of ether oxygens (including phenoxy) is 1. The Morgan fingerprint density at radius 3 is 2.70 bits per heavy atom. The molecular weight excluding hydrogens is 374 g/mol. The minimum Gasteiger partial charge on any atom is -0.457 e. The third-order valence-electron chi connectivity index (χ3n) is 3.71. The van der Waals surface area contributed by atoms with Gasteiger partial charge in [-0.1, -0.05) is 23.7 Å². The maximum atomic E-state index is 12.4. The molecule has 0 aliphatic carbocycles. The van der Waals surface area contributed by atoms with Gasteiger partial charge in [0.05, 0.1) is 15.5 Å². The van der Waals surface area contributed by atoms with Crippen molar-refractivity contribution in [2.24, 2.45) is 0 Å². The van der Waals surface area contributed by atoms with Crippen LogP contribution in [-0.2, 0) is 11.3 Å². The number of benzene rings is 2. The third kappa shape index (κ3) is 4.21. The van der Waals surface area contributed by atoms with E-state index in [1.807, 2.05) is 0 Å². The van der Waals surface area contributed by atoms with Crippen LogP contribution in [0.15, 0.2) is 59.0 Å². The highest BCUT2D eigenvalue weighted by molar-refractivity contribution is 6.33. The molecule has 8 heteroatoms. The van der Waals surface area contributed by atoms with E-state index in [1.165, 1.54) is 36.4 Å². The fraction of sp³-hybridized carbons (Fsp3) is 0.0526. The molecule has 0 aliphatic heterocycles. The predicted octanol–water partition coefficient (Wildman–Crippen LogP) is 4.68. The molecule has 3 rings (SSSR count). The molecule has 0 bridgehead atoms. The number of nitrogens with zero attached hydrogens (tertiary/aromatic N) is 1. The maximum absolute atomic E-state index is 12.4. The van der Waals surface area contributed by atoms with E-state index in [4.69, 9.17) is 20.8 Å². The quantitative estimate of drug-likeness (QED) is 0.264.